The molecule has 1 aromatic rings. The number of fused-ring (bicyclic) bond motifs is 1. The molecule has 2 amide bonds. The van der Waals surface area contributed by atoms with E-state index in [0.29, 0.717) is 24.8 Å². The number of piperidine rings is 1. The number of carbonyl (C=O) groups is 2. The molecule has 0 bridgehead atoms. The zero-order valence-corrected chi connectivity index (χ0v) is 14.6. The van der Waals surface area contributed by atoms with Crippen molar-refractivity contribution in [2.45, 2.75) is 52.2 Å². The number of likely N-dealkylation sites (tertiary alicyclic amines) is 1. The molecule has 0 saturated carbocycles. The van der Waals surface area contributed by atoms with Crippen molar-refractivity contribution in [1.82, 2.24) is 19.6 Å². The second kappa shape index (κ2) is 6.93. The van der Waals surface area contributed by atoms with Crippen molar-refractivity contribution in [1.29, 1.82) is 0 Å². The average Bonchev–Trinajstić information content (AvgIpc) is 2.85. The normalized spacial score (nSPS) is 22.3. The van der Waals surface area contributed by atoms with Gasteiger partial charge in [-0.25, -0.2) is 0 Å². The van der Waals surface area contributed by atoms with E-state index in [1.54, 1.807) is 4.90 Å². The highest BCUT2D eigenvalue weighted by Gasteiger charge is 2.29. The van der Waals surface area contributed by atoms with Gasteiger partial charge in [0.1, 0.15) is 0 Å². The second-order valence-electron chi connectivity index (χ2n) is 7.15. The molecular formula is C17H27N5O2. The Balaban J connectivity index is 1.75. The Morgan fingerprint density at radius 3 is 2.75 bits per heavy atom. The van der Waals surface area contributed by atoms with Crippen LogP contribution in [0.25, 0.3) is 0 Å². The van der Waals surface area contributed by atoms with E-state index in [2.05, 4.69) is 23.8 Å². The zero-order valence-electron chi connectivity index (χ0n) is 14.6. The van der Waals surface area contributed by atoms with Gasteiger partial charge in [-0.3, -0.25) is 19.2 Å². The monoisotopic (exact) mass is 333 g/mol. The molecule has 3 rings (SSSR count). The topological polar surface area (TPSA) is 84.5 Å². The lowest BCUT2D eigenvalue weighted by molar-refractivity contribution is -0.123. The SMILES string of the molecule is CC(C)N1CCCn2nc(C(=O)N3CCC[C@@H](C(N)=O)C3)cc2C1. The van der Waals surface area contributed by atoms with Gasteiger partial charge in [0.2, 0.25) is 5.91 Å². The van der Waals surface area contributed by atoms with Crippen LogP contribution in [0.4, 0.5) is 0 Å². The van der Waals surface area contributed by atoms with Crippen LogP contribution < -0.4 is 5.73 Å². The van der Waals surface area contributed by atoms with Gasteiger partial charge in [0.05, 0.1) is 11.6 Å². The Bertz CT molecular complexity index is 624. The van der Waals surface area contributed by atoms with Crippen molar-refractivity contribution < 1.29 is 9.59 Å². The Morgan fingerprint density at radius 1 is 1.25 bits per heavy atom. The number of nitrogens with two attached hydrogens (primary N) is 1. The molecule has 0 aliphatic carbocycles. The molecule has 0 aromatic carbocycles. The number of amides is 2. The van der Waals surface area contributed by atoms with Gasteiger partial charge in [-0.05, 0) is 39.2 Å². The highest BCUT2D eigenvalue weighted by atomic mass is 16.2. The minimum atomic E-state index is -0.319. The van der Waals surface area contributed by atoms with Crippen molar-refractivity contribution in [3.8, 4) is 0 Å². The molecular weight excluding hydrogens is 306 g/mol. The van der Waals surface area contributed by atoms with Gasteiger partial charge in [-0.2, -0.15) is 5.10 Å². The molecule has 0 radical (unpaired) electrons. The van der Waals surface area contributed by atoms with Crippen molar-refractivity contribution in [2.75, 3.05) is 19.6 Å². The lowest BCUT2D eigenvalue weighted by Crippen LogP contribution is -2.44. The summed E-state index contributed by atoms with van der Waals surface area (Å²) in [6.45, 7) is 8.18. The quantitative estimate of drug-likeness (QED) is 0.888. The molecule has 1 aromatic heterocycles. The first-order valence-corrected chi connectivity index (χ1v) is 8.85. The fraction of sp³-hybridized carbons (Fsp3) is 0.706. The lowest BCUT2D eigenvalue weighted by Gasteiger charge is -2.30. The van der Waals surface area contributed by atoms with Crippen molar-refractivity contribution in [3.63, 3.8) is 0 Å². The van der Waals surface area contributed by atoms with Crippen LogP contribution in [-0.4, -0.2) is 57.1 Å². The predicted molar refractivity (Wildman–Crippen MR) is 90.2 cm³/mol. The van der Waals surface area contributed by atoms with Gasteiger partial charge < -0.3 is 10.6 Å². The molecule has 0 unspecified atom stereocenters. The van der Waals surface area contributed by atoms with Gasteiger partial charge in [-0.15, -0.1) is 0 Å². The van der Waals surface area contributed by atoms with Crippen LogP contribution in [0.3, 0.4) is 0 Å². The molecule has 132 valence electrons. The summed E-state index contributed by atoms with van der Waals surface area (Å²) in [5.41, 5.74) is 6.98. The van der Waals surface area contributed by atoms with Crippen molar-refractivity contribution in [3.05, 3.63) is 17.5 Å². The average molecular weight is 333 g/mol. The van der Waals surface area contributed by atoms with E-state index in [4.69, 9.17) is 5.73 Å². The second-order valence-corrected chi connectivity index (χ2v) is 7.15. The first-order valence-electron chi connectivity index (χ1n) is 8.85. The van der Waals surface area contributed by atoms with Crippen LogP contribution in [-0.2, 0) is 17.9 Å². The smallest absolute Gasteiger partial charge is 0.274 e. The third-order valence-electron chi connectivity index (χ3n) is 5.10. The molecule has 1 saturated heterocycles. The number of rotatable bonds is 3. The summed E-state index contributed by atoms with van der Waals surface area (Å²) in [7, 11) is 0. The van der Waals surface area contributed by atoms with Crippen molar-refractivity contribution in [2.24, 2.45) is 11.7 Å². The van der Waals surface area contributed by atoms with Crippen LogP contribution in [0.1, 0.15) is 49.3 Å². The maximum Gasteiger partial charge on any atom is 0.274 e. The van der Waals surface area contributed by atoms with E-state index < -0.39 is 0 Å². The highest BCUT2D eigenvalue weighted by molar-refractivity contribution is 5.93. The molecule has 1 fully saturated rings. The Morgan fingerprint density at radius 2 is 2.04 bits per heavy atom. The van der Waals surface area contributed by atoms with Gasteiger partial charge in [0.15, 0.2) is 5.69 Å². The summed E-state index contributed by atoms with van der Waals surface area (Å²) in [5, 5.41) is 4.53. The van der Waals surface area contributed by atoms with E-state index in [9.17, 15) is 9.59 Å². The molecule has 1 atom stereocenters. The maximum atomic E-state index is 12.8. The van der Waals surface area contributed by atoms with Crippen LogP contribution in [0.15, 0.2) is 6.07 Å². The highest BCUT2D eigenvalue weighted by Crippen LogP contribution is 2.20. The zero-order chi connectivity index (χ0) is 17.3. The summed E-state index contributed by atoms with van der Waals surface area (Å²) in [6, 6.07) is 2.39. The number of hydrogen-bond acceptors (Lipinski definition) is 4. The third-order valence-corrected chi connectivity index (χ3v) is 5.10. The van der Waals surface area contributed by atoms with Crippen LogP contribution >= 0.6 is 0 Å². The third kappa shape index (κ3) is 3.45. The van der Waals surface area contributed by atoms with E-state index in [-0.39, 0.29) is 17.7 Å². The summed E-state index contributed by atoms with van der Waals surface area (Å²) in [6.07, 6.45) is 2.62. The first kappa shape index (κ1) is 17.0. The molecule has 3 heterocycles. The number of aryl methyl sites for hydroxylation is 1. The minimum absolute atomic E-state index is 0.0855. The summed E-state index contributed by atoms with van der Waals surface area (Å²) in [5.74, 6) is -0.641. The largest absolute Gasteiger partial charge is 0.369 e. The maximum absolute atomic E-state index is 12.8. The van der Waals surface area contributed by atoms with E-state index in [1.807, 2.05) is 10.7 Å². The van der Waals surface area contributed by atoms with Crippen LogP contribution in [0, 0.1) is 5.92 Å². The molecule has 0 spiro atoms. The van der Waals surface area contributed by atoms with Crippen LogP contribution in [0.5, 0.6) is 0 Å². The number of aromatic nitrogens is 2. The first-order chi connectivity index (χ1) is 11.5. The van der Waals surface area contributed by atoms with Gasteiger partial charge in [-0.1, -0.05) is 0 Å². The Labute approximate surface area is 142 Å². The summed E-state index contributed by atoms with van der Waals surface area (Å²) < 4.78 is 1.96. The fourth-order valence-electron chi connectivity index (χ4n) is 3.59. The standard InChI is InChI=1S/C17H27N5O2/c1-12(2)20-7-4-8-22-14(11-20)9-15(19-22)17(24)21-6-3-5-13(10-21)16(18)23/h9,12-13H,3-8,10-11H2,1-2H3,(H2,18,23)/t13-/m1/s1. The lowest BCUT2D eigenvalue weighted by atomic mass is 9.97. The number of nitrogens with zero attached hydrogens (tertiary/aromatic N) is 4. The van der Waals surface area contributed by atoms with E-state index >= 15 is 0 Å². The Hall–Kier alpha value is -1.89. The predicted octanol–water partition coefficient (Wildman–Crippen LogP) is 0.835. The molecule has 2 aliphatic heterocycles. The number of hydrogen-bond donors (Lipinski definition) is 1. The van der Waals surface area contributed by atoms with Crippen molar-refractivity contribution >= 4 is 11.8 Å². The van der Waals surface area contributed by atoms with Gasteiger partial charge >= 0.3 is 0 Å². The van der Waals surface area contributed by atoms with Gasteiger partial charge in [0, 0.05) is 38.8 Å². The Kier molecular flexibility index (Phi) is 4.89. The van der Waals surface area contributed by atoms with E-state index in [1.165, 1.54) is 0 Å². The summed E-state index contributed by atoms with van der Waals surface area (Å²) >= 11 is 0. The molecule has 7 nitrogen and oxygen atoms in total. The van der Waals surface area contributed by atoms with Gasteiger partial charge in [0.25, 0.3) is 5.91 Å². The van der Waals surface area contributed by atoms with E-state index in [0.717, 1.165) is 44.6 Å². The number of primary amides is 1. The molecule has 2 N–H and O–H groups in total. The molecule has 24 heavy (non-hydrogen) atoms. The molecule has 7 heteroatoms. The molecule has 2 aliphatic rings. The minimum Gasteiger partial charge on any atom is -0.369 e. The summed E-state index contributed by atoms with van der Waals surface area (Å²) in [4.78, 5) is 28.3. The number of carbonyl (C=O) groups excluding carboxylic acids is 2. The van der Waals surface area contributed by atoms with Crippen LogP contribution in [0.2, 0.25) is 0 Å². The fourth-order valence-corrected chi connectivity index (χ4v) is 3.59.